The third-order valence-electron chi connectivity index (χ3n) is 5.35. The molecule has 26 heavy (non-hydrogen) atoms. The zero-order chi connectivity index (χ0) is 17.8. The van der Waals surface area contributed by atoms with Crippen LogP contribution in [0.3, 0.4) is 0 Å². The van der Waals surface area contributed by atoms with Crippen molar-refractivity contribution in [1.82, 2.24) is 4.90 Å². The molecule has 138 valence electrons. The van der Waals surface area contributed by atoms with Crippen molar-refractivity contribution < 1.29 is 14.2 Å². The first-order chi connectivity index (χ1) is 12.8. The molecule has 0 N–H and O–H groups in total. The van der Waals surface area contributed by atoms with Gasteiger partial charge in [0.05, 0.1) is 7.11 Å². The number of ether oxygens (including phenoxy) is 3. The van der Waals surface area contributed by atoms with Crippen LogP contribution in [0.25, 0.3) is 0 Å². The van der Waals surface area contributed by atoms with Gasteiger partial charge < -0.3 is 14.2 Å². The molecule has 1 fully saturated rings. The first kappa shape index (κ1) is 17.2. The Morgan fingerprint density at radius 1 is 1.12 bits per heavy atom. The molecule has 1 atom stereocenters. The van der Waals surface area contributed by atoms with Crippen LogP contribution in [0.1, 0.15) is 36.5 Å². The maximum atomic E-state index is 6.31. The normalized spacial score (nSPS) is 19.7. The molecule has 2 aliphatic rings. The summed E-state index contributed by atoms with van der Waals surface area (Å²) in [5, 5.41) is 0. The maximum absolute atomic E-state index is 6.31. The number of aryl methyl sites for hydroxylation is 1. The average molecular weight is 353 g/mol. The highest BCUT2D eigenvalue weighted by atomic mass is 16.5. The second-order valence-corrected chi connectivity index (χ2v) is 7.05. The van der Waals surface area contributed by atoms with Crippen molar-refractivity contribution in [2.45, 2.75) is 31.8 Å². The molecule has 4 rings (SSSR count). The molecule has 0 radical (unpaired) electrons. The fourth-order valence-electron chi connectivity index (χ4n) is 3.86. The third-order valence-corrected chi connectivity index (χ3v) is 5.35. The van der Waals surface area contributed by atoms with Gasteiger partial charge in [0.1, 0.15) is 30.0 Å². The van der Waals surface area contributed by atoms with Crippen molar-refractivity contribution in [2.75, 3.05) is 33.4 Å². The van der Waals surface area contributed by atoms with E-state index in [1.165, 1.54) is 31.5 Å². The van der Waals surface area contributed by atoms with Crippen LogP contribution in [-0.2, 0) is 6.42 Å². The quantitative estimate of drug-likeness (QED) is 0.777. The summed E-state index contributed by atoms with van der Waals surface area (Å²) >= 11 is 0. The predicted molar refractivity (Wildman–Crippen MR) is 102 cm³/mol. The number of nitrogens with zero attached hydrogens (tertiary/aromatic N) is 1. The van der Waals surface area contributed by atoms with Crippen molar-refractivity contribution >= 4 is 0 Å². The Morgan fingerprint density at radius 3 is 2.81 bits per heavy atom. The lowest BCUT2D eigenvalue weighted by molar-refractivity contribution is 0.167. The standard InChI is InChI=1S/C22H27NO3/c1-24-18-10-8-17-9-11-21(26-22(17)16-18)19-6-2-3-7-20(19)25-15-14-23-12-4-5-13-23/h2-3,6-8,10,16,21H,4-5,9,11-15H2,1H3. The van der Waals surface area contributed by atoms with E-state index < -0.39 is 0 Å². The van der Waals surface area contributed by atoms with Crippen LogP contribution < -0.4 is 14.2 Å². The molecule has 2 aliphatic heterocycles. The lowest BCUT2D eigenvalue weighted by Gasteiger charge is -2.28. The van der Waals surface area contributed by atoms with Crippen LogP contribution in [-0.4, -0.2) is 38.3 Å². The first-order valence-corrected chi connectivity index (χ1v) is 9.61. The van der Waals surface area contributed by atoms with Gasteiger partial charge in [-0.15, -0.1) is 0 Å². The number of likely N-dealkylation sites (tertiary alicyclic amines) is 1. The van der Waals surface area contributed by atoms with Gasteiger partial charge in [0, 0.05) is 18.2 Å². The number of benzene rings is 2. The van der Waals surface area contributed by atoms with E-state index >= 15 is 0 Å². The molecule has 0 bridgehead atoms. The Hall–Kier alpha value is -2.20. The summed E-state index contributed by atoms with van der Waals surface area (Å²) in [6, 6.07) is 14.4. The second-order valence-electron chi connectivity index (χ2n) is 7.05. The molecule has 4 heteroatoms. The van der Waals surface area contributed by atoms with Crippen LogP contribution in [0.4, 0.5) is 0 Å². The number of para-hydroxylation sites is 1. The van der Waals surface area contributed by atoms with Gasteiger partial charge >= 0.3 is 0 Å². The highest BCUT2D eigenvalue weighted by Crippen LogP contribution is 2.39. The van der Waals surface area contributed by atoms with Crippen molar-refractivity contribution in [2.24, 2.45) is 0 Å². The summed E-state index contributed by atoms with van der Waals surface area (Å²) in [6.45, 7) is 4.14. The van der Waals surface area contributed by atoms with Crippen molar-refractivity contribution in [1.29, 1.82) is 0 Å². The average Bonchev–Trinajstić information content (AvgIpc) is 3.21. The van der Waals surface area contributed by atoms with E-state index in [0.29, 0.717) is 0 Å². The van der Waals surface area contributed by atoms with Gasteiger partial charge in [-0.1, -0.05) is 24.3 Å². The van der Waals surface area contributed by atoms with Crippen LogP contribution in [0.5, 0.6) is 17.2 Å². The minimum absolute atomic E-state index is 0.0255. The van der Waals surface area contributed by atoms with Crippen LogP contribution in [0, 0.1) is 0 Å². The number of fused-ring (bicyclic) bond motifs is 1. The molecule has 4 nitrogen and oxygen atoms in total. The van der Waals surface area contributed by atoms with E-state index in [4.69, 9.17) is 14.2 Å². The highest BCUT2D eigenvalue weighted by Gasteiger charge is 2.24. The van der Waals surface area contributed by atoms with Gasteiger partial charge in [0.2, 0.25) is 0 Å². The second kappa shape index (κ2) is 8.00. The number of hydrogen-bond acceptors (Lipinski definition) is 4. The first-order valence-electron chi connectivity index (χ1n) is 9.61. The molecular weight excluding hydrogens is 326 g/mol. The summed E-state index contributed by atoms with van der Waals surface area (Å²) < 4.78 is 17.8. The van der Waals surface area contributed by atoms with E-state index in [-0.39, 0.29) is 6.10 Å². The van der Waals surface area contributed by atoms with Crippen LogP contribution >= 0.6 is 0 Å². The van der Waals surface area contributed by atoms with E-state index in [1.807, 2.05) is 18.2 Å². The zero-order valence-corrected chi connectivity index (χ0v) is 15.4. The Labute approximate surface area is 155 Å². The molecular formula is C22H27NO3. The maximum Gasteiger partial charge on any atom is 0.128 e. The van der Waals surface area contributed by atoms with Gasteiger partial charge in [-0.05, 0) is 56.5 Å². The Morgan fingerprint density at radius 2 is 1.96 bits per heavy atom. The lowest BCUT2D eigenvalue weighted by Crippen LogP contribution is -2.25. The van der Waals surface area contributed by atoms with E-state index in [1.54, 1.807) is 7.11 Å². The van der Waals surface area contributed by atoms with Crippen LogP contribution in [0.15, 0.2) is 42.5 Å². The van der Waals surface area contributed by atoms with Crippen molar-refractivity contribution in [3.05, 3.63) is 53.6 Å². The molecule has 0 saturated carbocycles. The fourth-order valence-corrected chi connectivity index (χ4v) is 3.86. The monoisotopic (exact) mass is 353 g/mol. The van der Waals surface area contributed by atoms with Gasteiger partial charge in [0.25, 0.3) is 0 Å². The van der Waals surface area contributed by atoms with E-state index in [0.717, 1.165) is 48.8 Å². The molecule has 2 aromatic carbocycles. The number of methoxy groups -OCH3 is 1. The Balaban J connectivity index is 1.45. The number of hydrogen-bond donors (Lipinski definition) is 0. The topological polar surface area (TPSA) is 30.9 Å². The Kier molecular flexibility index (Phi) is 5.30. The summed E-state index contributed by atoms with van der Waals surface area (Å²) in [5.74, 6) is 2.70. The number of rotatable bonds is 6. The highest BCUT2D eigenvalue weighted by molar-refractivity contribution is 5.44. The molecule has 0 aliphatic carbocycles. The van der Waals surface area contributed by atoms with Gasteiger partial charge in [-0.3, -0.25) is 4.90 Å². The molecule has 1 unspecified atom stereocenters. The molecule has 1 saturated heterocycles. The minimum Gasteiger partial charge on any atom is -0.497 e. The smallest absolute Gasteiger partial charge is 0.128 e. The lowest BCUT2D eigenvalue weighted by atomic mass is 9.97. The van der Waals surface area contributed by atoms with Gasteiger partial charge in [-0.25, -0.2) is 0 Å². The molecule has 0 spiro atoms. The zero-order valence-electron chi connectivity index (χ0n) is 15.4. The van der Waals surface area contributed by atoms with E-state index in [2.05, 4.69) is 29.2 Å². The largest absolute Gasteiger partial charge is 0.497 e. The minimum atomic E-state index is 0.0255. The third kappa shape index (κ3) is 3.80. The molecule has 0 aromatic heterocycles. The summed E-state index contributed by atoms with van der Waals surface area (Å²) in [4.78, 5) is 2.47. The van der Waals surface area contributed by atoms with Crippen molar-refractivity contribution in [3.63, 3.8) is 0 Å². The molecule has 2 aromatic rings. The summed E-state index contributed by atoms with van der Waals surface area (Å²) in [7, 11) is 1.69. The van der Waals surface area contributed by atoms with Gasteiger partial charge in [0.15, 0.2) is 0 Å². The summed E-state index contributed by atoms with van der Waals surface area (Å²) in [5.41, 5.74) is 2.39. The SMILES string of the molecule is COc1ccc2c(c1)OC(c1ccccc1OCCN1CCCC1)CC2. The van der Waals surface area contributed by atoms with E-state index in [9.17, 15) is 0 Å². The van der Waals surface area contributed by atoms with Crippen molar-refractivity contribution in [3.8, 4) is 17.2 Å². The molecule has 2 heterocycles. The fraction of sp³-hybridized carbons (Fsp3) is 0.455. The molecule has 0 amide bonds. The van der Waals surface area contributed by atoms with Gasteiger partial charge in [-0.2, -0.15) is 0 Å². The van der Waals surface area contributed by atoms with Crippen LogP contribution in [0.2, 0.25) is 0 Å². The summed E-state index contributed by atoms with van der Waals surface area (Å²) in [6.07, 6.45) is 4.63. The Bertz CT molecular complexity index is 740. The predicted octanol–water partition coefficient (Wildman–Crippen LogP) is 4.24.